The first-order valence-electron chi connectivity index (χ1n) is 20.2. The summed E-state index contributed by atoms with van der Waals surface area (Å²) in [6.45, 7) is -0.161. The second kappa shape index (κ2) is 23.2. The second-order valence-electron chi connectivity index (χ2n) is 14.8. The smallest absolute Gasteiger partial charge is 0.305 e. The van der Waals surface area contributed by atoms with Gasteiger partial charge in [-0.05, 0) is 43.7 Å². The number of unbranched alkanes of at least 4 members (excludes halogenated alkanes) is 1. The average molecular weight is 893 g/mol. The predicted octanol–water partition coefficient (Wildman–Crippen LogP) is 0.0777. The van der Waals surface area contributed by atoms with Crippen LogP contribution in [0.15, 0.2) is 65.8 Å². The van der Waals surface area contributed by atoms with E-state index < -0.39 is 90.5 Å². The number of carbonyl (C=O) groups is 8. The molecule has 5 atom stereocenters. The largest absolute Gasteiger partial charge is 0.481 e. The number of hydrogen-bond acceptors (Lipinski definition) is 11. The number of carboxylic acid groups (broad SMARTS) is 1. The number of carbonyl (C=O) groups excluding carboxylic acids is 7. The molecule has 21 heteroatoms. The second-order valence-corrected chi connectivity index (χ2v) is 17.4. The number of benzene rings is 2. The Morgan fingerprint density at radius 3 is 2.32 bits per heavy atom. The molecule has 2 saturated heterocycles. The highest BCUT2D eigenvalue weighted by molar-refractivity contribution is 8.76. The minimum atomic E-state index is -1.68. The van der Waals surface area contributed by atoms with E-state index in [1.54, 1.807) is 12.3 Å². The van der Waals surface area contributed by atoms with Crippen LogP contribution in [0.1, 0.15) is 56.1 Å². The van der Waals surface area contributed by atoms with Crippen LogP contribution in [0.4, 0.5) is 0 Å². The third-order valence-electron chi connectivity index (χ3n) is 10.3. The number of H-pyrrole nitrogens is 1. The first kappa shape index (κ1) is 47.0. The van der Waals surface area contributed by atoms with Crippen LogP contribution in [0.25, 0.3) is 10.9 Å². The zero-order valence-corrected chi connectivity index (χ0v) is 35.6. The zero-order chi connectivity index (χ0) is 44.6. The number of hydrogen-bond donors (Lipinski definition) is 9. The summed E-state index contributed by atoms with van der Waals surface area (Å²) in [6, 6.07) is 10.3. The van der Waals surface area contributed by atoms with Gasteiger partial charge in [-0.1, -0.05) is 70.1 Å². The molecule has 7 amide bonds. The van der Waals surface area contributed by atoms with E-state index >= 15 is 0 Å². The molecule has 0 radical (unpaired) electrons. The molecule has 0 unspecified atom stereocenters. The van der Waals surface area contributed by atoms with E-state index in [0.29, 0.717) is 37.2 Å². The maximum Gasteiger partial charge on any atom is 0.305 e. The number of amidine groups is 1. The molecule has 2 aromatic carbocycles. The number of aromatic amines is 1. The topological polar surface area (TPSA) is 300 Å². The van der Waals surface area contributed by atoms with Gasteiger partial charge in [-0.15, -0.1) is 0 Å². The summed E-state index contributed by atoms with van der Waals surface area (Å²) < 4.78 is 0. The molecule has 0 saturated carbocycles. The lowest BCUT2D eigenvalue weighted by molar-refractivity contribution is -0.143. The number of para-hydroxylation sites is 1. The fourth-order valence-electron chi connectivity index (χ4n) is 7.08. The molecule has 3 heterocycles. The van der Waals surface area contributed by atoms with Gasteiger partial charge in [0.2, 0.25) is 41.4 Å². The molecule has 0 spiro atoms. The standard InChI is InChI=1S/C41H52N10O9S2/c42-36(24-9-2-1-3-10-24)44-16-7-6-13-28-38(57)46-22-34(53)48-29(20-35(54)55)39(58)49-30(19-25-21-45-27-12-5-4-11-26(25)27)41(60)51-17-8-14-32(51)40(59)50-31(37(43)56)23-62-61-18-15-33(52)47-28/h1-5,9-12,21,28-32,45H,6-8,13-20,22-23H2,(H2,42,44)(H2,43,56)(H,46,57)(H,47,52)(H,48,53)(H,49,58)(H,50,59)(H,54,55)/t28-,29-,30-,31-,32-/m0/s1. The molecule has 2 fully saturated rings. The third kappa shape index (κ3) is 13.7. The van der Waals surface area contributed by atoms with Crippen molar-refractivity contribution in [3.63, 3.8) is 0 Å². The Hall–Kier alpha value is -6.09. The third-order valence-corrected chi connectivity index (χ3v) is 12.7. The lowest BCUT2D eigenvalue weighted by atomic mass is 10.0. The van der Waals surface area contributed by atoms with Crippen LogP contribution in [0.2, 0.25) is 0 Å². The number of fused-ring (bicyclic) bond motifs is 2. The van der Waals surface area contributed by atoms with Gasteiger partial charge in [0.25, 0.3) is 0 Å². The SMILES string of the molecule is NC(=O)[C@@H]1CSSCCC(=O)N[C@@H](CCCCN=C(N)c2ccccc2)C(=O)NCC(=O)N[C@@H](CC(=O)O)C(=O)N[C@@H](Cc2c[nH]c3ccccc23)C(=O)N2CCC[C@H]2C(=O)N1. The summed E-state index contributed by atoms with van der Waals surface area (Å²) in [5.41, 5.74) is 13.9. The van der Waals surface area contributed by atoms with Crippen molar-refractivity contribution in [2.75, 3.05) is 31.1 Å². The van der Waals surface area contributed by atoms with E-state index in [4.69, 9.17) is 11.5 Å². The Morgan fingerprint density at radius 1 is 0.823 bits per heavy atom. The van der Waals surface area contributed by atoms with E-state index in [2.05, 4.69) is 36.6 Å². The van der Waals surface area contributed by atoms with Crippen molar-refractivity contribution in [1.29, 1.82) is 0 Å². The van der Waals surface area contributed by atoms with Crippen molar-refractivity contribution >= 4 is 85.6 Å². The van der Waals surface area contributed by atoms with Gasteiger partial charge in [-0.3, -0.25) is 43.3 Å². The molecule has 1 aromatic heterocycles. The Morgan fingerprint density at radius 2 is 1.56 bits per heavy atom. The normalized spacial score (nSPS) is 23.1. The molecular formula is C41H52N10O9S2. The Kier molecular flexibility index (Phi) is 17.6. The monoisotopic (exact) mass is 892 g/mol. The molecule has 0 aliphatic carbocycles. The highest BCUT2D eigenvalue weighted by atomic mass is 33.1. The minimum absolute atomic E-state index is 0.0156. The van der Waals surface area contributed by atoms with Crippen molar-refractivity contribution in [3.8, 4) is 0 Å². The van der Waals surface area contributed by atoms with Gasteiger partial charge < -0.3 is 53.0 Å². The molecule has 11 N–H and O–H groups in total. The van der Waals surface area contributed by atoms with Crippen LogP contribution in [-0.4, -0.2) is 129 Å². The maximum absolute atomic E-state index is 14.4. The number of amides is 7. The average Bonchev–Trinajstić information content (AvgIpc) is 3.91. The van der Waals surface area contributed by atoms with Crippen LogP contribution >= 0.6 is 21.6 Å². The summed E-state index contributed by atoms with van der Waals surface area (Å²) >= 11 is 0. The highest BCUT2D eigenvalue weighted by Gasteiger charge is 2.40. The molecule has 2 aliphatic rings. The fourth-order valence-corrected chi connectivity index (χ4v) is 9.25. The van der Waals surface area contributed by atoms with Crippen molar-refractivity contribution in [2.45, 2.75) is 81.6 Å². The van der Waals surface area contributed by atoms with Crippen LogP contribution in [0.5, 0.6) is 0 Å². The van der Waals surface area contributed by atoms with Gasteiger partial charge in [-0.25, -0.2) is 0 Å². The van der Waals surface area contributed by atoms with Crippen molar-refractivity contribution in [2.24, 2.45) is 16.5 Å². The lowest BCUT2D eigenvalue weighted by Crippen LogP contribution is -2.59. The van der Waals surface area contributed by atoms with Crippen molar-refractivity contribution < 1.29 is 43.5 Å². The van der Waals surface area contributed by atoms with Crippen LogP contribution in [-0.2, 0) is 44.8 Å². The molecule has 19 nitrogen and oxygen atoms in total. The van der Waals surface area contributed by atoms with E-state index in [-0.39, 0.29) is 43.7 Å². The zero-order valence-electron chi connectivity index (χ0n) is 33.9. The molecule has 2 aliphatic heterocycles. The summed E-state index contributed by atoms with van der Waals surface area (Å²) in [5, 5.41) is 23.3. The predicted molar refractivity (Wildman–Crippen MR) is 234 cm³/mol. The van der Waals surface area contributed by atoms with Gasteiger partial charge in [0, 0.05) is 60.1 Å². The summed E-state index contributed by atoms with van der Waals surface area (Å²) in [4.78, 5) is 115. The Bertz CT molecular complexity index is 2140. The molecule has 62 heavy (non-hydrogen) atoms. The molecule has 0 bridgehead atoms. The van der Waals surface area contributed by atoms with E-state index in [1.807, 2.05) is 48.5 Å². The Balaban J connectivity index is 1.36. The van der Waals surface area contributed by atoms with Gasteiger partial charge in [0.05, 0.1) is 13.0 Å². The quantitative estimate of drug-likeness (QED) is 0.0535. The number of aromatic nitrogens is 1. The maximum atomic E-state index is 14.4. The van der Waals surface area contributed by atoms with Crippen LogP contribution < -0.4 is 38.1 Å². The number of aliphatic carboxylic acids is 1. The first-order valence-corrected chi connectivity index (χ1v) is 22.7. The van der Waals surface area contributed by atoms with Gasteiger partial charge >= 0.3 is 5.97 Å². The number of carboxylic acids is 1. The van der Waals surface area contributed by atoms with Crippen LogP contribution in [0, 0.1) is 0 Å². The van der Waals surface area contributed by atoms with Gasteiger partial charge in [-0.2, -0.15) is 0 Å². The molecule has 5 rings (SSSR count). The minimum Gasteiger partial charge on any atom is -0.481 e. The lowest BCUT2D eigenvalue weighted by Gasteiger charge is -2.30. The number of nitrogens with zero attached hydrogens (tertiary/aromatic N) is 2. The van der Waals surface area contributed by atoms with Gasteiger partial charge in [0.15, 0.2) is 0 Å². The number of nitrogens with one attached hydrogen (secondary N) is 6. The molecule has 3 aromatic rings. The van der Waals surface area contributed by atoms with E-state index in [1.165, 1.54) is 26.5 Å². The highest BCUT2D eigenvalue weighted by Crippen LogP contribution is 2.25. The number of rotatable bonds is 11. The van der Waals surface area contributed by atoms with E-state index in [0.717, 1.165) is 16.5 Å². The van der Waals surface area contributed by atoms with Gasteiger partial charge in [0.1, 0.15) is 36.0 Å². The van der Waals surface area contributed by atoms with Crippen LogP contribution in [0.3, 0.4) is 0 Å². The Labute approximate surface area is 365 Å². The number of primary amides is 1. The first-order chi connectivity index (χ1) is 29.8. The molecule has 332 valence electrons. The van der Waals surface area contributed by atoms with Crippen molar-refractivity contribution in [3.05, 3.63) is 71.9 Å². The molecular weight excluding hydrogens is 841 g/mol. The fraction of sp³-hybridized carbons (Fsp3) is 0.439. The number of aliphatic imine (C=N–C) groups is 1. The summed E-state index contributed by atoms with van der Waals surface area (Å²) in [5.74, 6) is -5.84. The summed E-state index contributed by atoms with van der Waals surface area (Å²) in [6.07, 6.45) is 2.57. The van der Waals surface area contributed by atoms with Crippen molar-refractivity contribution in [1.82, 2.24) is 36.5 Å². The summed E-state index contributed by atoms with van der Waals surface area (Å²) in [7, 11) is 2.47. The van der Waals surface area contributed by atoms with E-state index in [9.17, 15) is 43.5 Å². The number of nitrogens with two attached hydrogens (primary N) is 2.